The third kappa shape index (κ3) is 2.81. The van der Waals surface area contributed by atoms with Crippen molar-refractivity contribution < 1.29 is 8.42 Å². The third-order valence-corrected chi connectivity index (χ3v) is 6.33. The molecule has 0 radical (unpaired) electrons. The van der Waals surface area contributed by atoms with Gasteiger partial charge in [0.05, 0.1) is 11.1 Å². The highest BCUT2D eigenvalue weighted by Crippen LogP contribution is 2.30. The zero-order chi connectivity index (χ0) is 14.0. The fourth-order valence-corrected chi connectivity index (χ4v) is 4.26. The van der Waals surface area contributed by atoms with Gasteiger partial charge in [0.2, 0.25) is 10.0 Å². The first-order valence-corrected chi connectivity index (χ1v) is 8.25. The SMILES string of the molecule is CC(c1cccs1)N(C)S(=O)(=O)c1cnccc1Cl. The first-order chi connectivity index (χ1) is 8.94. The van der Waals surface area contributed by atoms with Gasteiger partial charge in [-0.3, -0.25) is 4.98 Å². The van der Waals surface area contributed by atoms with Crippen LogP contribution < -0.4 is 0 Å². The molecule has 0 aromatic carbocycles. The minimum atomic E-state index is -3.65. The van der Waals surface area contributed by atoms with Crippen LogP contribution in [0.5, 0.6) is 0 Å². The molecule has 2 heterocycles. The maximum atomic E-state index is 12.5. The Hall–Kier alpha value is -0.950. The van der Waals surface area contributed by atoms with E-state index in [4.69, 9.17) is 11.6 Å². The number of pyridine rings is 1. The molecule has 4 nitrogen and oxygen atoms in total. The second-order valence-corrected chi connectivity index (χ2v) is 7.37. The molecule has 0 bridgehead atoms. The van der Waals surface area contributed by atoms with E-state index in [1.54, 1.807) is 7.05 Å². The van der Waals surface area contributed by atoms with Crippen LogP contribution in [0.3, 0.4) is 0 Å². The van der Waals surface area contributed by atoms with Gasteiger partial charge >= 0.3 is 0 Å². The molecule has 0 aliphatic carbocycles. The molecule has 102 valence electrons. The van der Waals surface area contributed by atoms with E-state index in [0.717, 1.165) is 4.88 Å². The number of hydrogen-bond acceptors (Lipinski definition) is 4. The monoisotopic (exact) mass is 316 g/mol. The van der Waals surface area contributed by atoms with E-state index in [9.17, 15) is 8.42 Å². The minimum absolute atomic E-state index is 0.0302. The van der Waals surface area contributed by atoms with Gasteiger partial charge in [-0.15, -0.1) is 11.3 Å². The molecule has 7 heteroatoms. The number of halogens is 1. The number of aromatic nitrogens is 1. The van der Waals surface area contributed by atoms with Crippen LogP contribution in [0, 0.1) is 0 Å². The Morgan fingerprint density at radius 1 is 1.42 bits per heavy atom. The Morgan fingerprint density at radius 2 is 2.16 bits per heavy atom. The van der Waals surface area contributed by atoms with Gasteiger partial charge in [-0.1, -0.05) is 17.7 Å². The third-order valence-electron chi connectivity index (χ3n) is 2.89. The molecule has 2 rings (SSSR count). The average molecular weight is 317 g/mol. The Balaban J connectivity index is 2.38. The van der Waals surface area contributed by atoms with Crippen molar-refractivity contribution in [2.45, 2.75) is 17.9 Å². The molecule has 2 aromatic heterocycles. The van der Waals surface area contributed by atoms with Crippen LogP contribution in [0.25, 0.3) is 0 Å². The lowest BCUT2D eigenvalue weighted by Crippen LogP contribution is -2.29. The van der Waals surface area contributed by atoms with Crippen LogP contribution in [0.1, 0.15) is 17.8 Å². The highest BCUT2D eigenvalue weighted by molar-refractivity contribution is 7.89. The summed E-state index contributed by atoms with van der Waals surface area (Å²) in [5.41, 5.74) is 0. The minimum Gasteiger partial charge on any atom is -0.263 e. The van der Waals surface area contributed by atoms with Crippen LogP contribution in [-0.4, -0.2) is 24.8 Å². The molecular formula is C12H13ClN2O2S2. The molecular weight excluding hydrogens is 304 g/mol. The van der Waals surface area contributed by atoms with E-state index in [1.807, 2.05) is 24.4 Å². The first-order valence-electron chi connectivity index (χ1n) is 5.55. The summed E-state index contributed by atoms with van der Waals surface area (Å²) in [5.74, 6) is 0. The predicted molar refractivity (Wildman–Crippen MR) is 76.9 cm³/mol. The summed E-state index contributed by atoms with van der Waals surface area (Å²) in [6.45, 7) is 1.84. The van der Waals surface area contributed by atoms with E-state index >= 15 is 0 Å². The molecule has 0 N–H and O–H groups in total. The summed E-state index contributed by atoms with van der Waals surface area (Å²) in [5, 5.41) is 2.10. The summed E-state index contributed by atoms with van der Waals surface area (Å²) in [7, 11) is -2.10. The van der Waals surface area contributed by atoms with Crippen LogP contribution in [-0.2, 0) is 10.0 Å². The number of hydrogen-bond donors (Lipinski definition) is 0. The van der Waals surface area contributed by atoms with E-state index in [-0.39, 0.29) is 16.0 Å². The quantitative estimate of drug-likeness (QED) is 0.870. The Kier molecular flexibility index (Phi) is 4.25. The largest absolute Gasteiger partial charge is 0.263 e. The molecule has 0 aliphatic rings. The van der Waals surface area contributed by atoms with Crippen molar-refractivity contribution in [3.05, 3.63) is 45.9 Å². The van der Waals surface area contributed by atoms with Crippen molar-refractivity contribution in [1.29, 1.82) is 0 Å². The first kappa shape index (κ1) is 14.5. The summed E-state index contributed by atoms with van der Waals surface area (Å²) >= 11 is 7.46. The van der Waals surface area contributed by atoms with Gasteiger partial charge in [0.25, 0.3) is 0 Å². The molecule has 2 aromatic rings. The molecule has 0 fully saturated rings. The topological polar surface area (TPSA) is 50.3 Å². The molecule has 1 unspecified atom stereocenters. The van der Waals surface area contributed by atoms with Crippen LogP contribution in [0.4, 0.5) is 0 Å². The van der Waals surface area contributed by atoms with Crippen LogP contribution in [0.2, 0.25) is 5.02 Å². The number of sulfonamides is 1. The zero-order valence-electron chi connectivity index (χ0n) is 10.4. The molecule has 0 saturated heterocycles. The van der Waals surface area contributed by atoms with E-state index in [0.29, 0.717) is 0 Å². The second-order valence-electron chi connectivity index (χ2n) is 4.02. The standard InChI is InChI=1S/C12H13ClN2O2S2/c1-9(11-4-3-7-18-11)15(2)19(16,17)12-8-14-6-5-10(12)13/h3-9H,1-2H3. The Morgan fingerprint density at radius 3 is 2.74 bits per heavy atom. The Labute approximate surface area is 121 Å². The second kappa shape index (κ2) is 5.58. The highest BCUT2D eigenvalue weighted by Gasteiger charge is 2.28. The van der Waals surface area contributed by atoms with Gasteiger partial charge in [0.1, 0.15) is 4.90 Å². The van der Waals surface area contributed by atoms with Gasteiger partial charge in [-0.2, -0.15) is 4.31 Å². The molecule has 0 saturated carbocycles. The number of thiophene rings is 1. The molecule has 19 heavy (non-hydrogen) atoms. The van der Waals surface area contributed by atoms with Crippen molar-refractivity contribution in [3.63, 3.8) is 0 Å². The fourth-order valence-electron chi connectivity index (χ4n) is 1.62. The molecule has 0 spiro atoms. The smallest absolute Gasteiger partial charge is 0.246 e. The van der Waals surface area contributed by atoms with Crippen molar-refractivity contribution in [2.75, 3.05) is 7.05 Å². The van der Waals surface area contributed by atoms with Crippen LogP contribution >= 0.6 is 22.9 Å². The lowest BCUT2D eigenvalue weighted by Gasteiger charge is -2.23. The average Bonchev–Trinajstić information content (AvgIpc) is 2.91. The Bertz CT molecular complexity index is 656. The van der Waals surface area contributed by atoms with E-state index in [2.05, 4.69) is 4.98 Å². The highest BCUT2D eigenvalue weighted by atomic mass is 35.5. The van der Waals surface area contributed by atoms with Crippen molar-refractivity contribution >= 4 is 33.0 Å². The normalized spacial score (nSPS) is 13.7. The van der Waals surface area contributed by atoms with E-state index in [1.165, 1.54) is 34.1 Å². The lowest BCUT2D eigenvalue weighted by atomic mass is 10.3. The van der Waals surface area contributed by atoms with E-state index < -0.39 is 10.0 Å². The number of nitrogens with zero attached hydrogens (tertiary/aromatic N) is 2. The molecule has 1 atom stereocenters. The number of rotatable bonds is 4. The van der Waals surface area contributed by atoms with Gasteiger partial charge in [-0.05, 0) is 24.4 Å². The van der Waals surface area contributed by atoms with Crippen molar-refractivity contribution in [2.24, 2.45) is 0 Å². The maximum Gasteiger partial charge on any atom is 0.246 e. The summed E-state index contributed by atoms with van der Waals surface area (Å²) in [6, 6.07) is 5.03. The van der Waals surface area contributed by atoms with Crippen molar-refractivity contribution in [1.82, 2.24) is 9.29 Å². The summed E-state index contributed by atoms with van der Waals surface area (Å²) < 4.78 is 26.3. The molecule has 0 aliphatic heterocycles. The summed E-state index contributed by atoms with van der Waals surface area (Å²) in [6.07, 6.45) is 2.74. The van der Waals surface area contributed by atoms with Crippen LogP contribution in [0.15, 0.2) is 40.9 Å². The fraction of sp³-hybridized carbons (Fsp3) is 0.250. The van der Waals surface area contributed by atoms with Gasteiger partial charge in [0, 0.05) is 24.3 Å². The molecule has 0 amide bonds. The van der Waals surface area contributed by atoms with Gasteiger partial charge < -0.3 is 0 Å². The maximum absolute atomic E-state index is 12.5. The lowest BCUT2D eigenvalue weighted by molar-refractivity contribution is 0.403. The van der Waals surface area contributed by atoms with Gasteiger partial charge in [-0.25, -0.2) is 8.42 Å². The summed E-state index contributed by atoms with van der Waals surface area (Å²) in [4.78, 5) is 4.84. The zero-order valence-corrected chi connectivity index (χ0v) is 12.8. The van der Waals surface area contributed by atoms with Gasteiger partial charge in [0.15, 0.2) is 0 Å². The predicted octanol–water partition coefficient (Wildman–Crippen LogP) is 3.18. The van der Waals surface area contributed by atoms with Crippen molar-refractivity contribution in [3.8, 4) is 0 Å².